The molecule has 6 heteroatoms. The fraction of sp³-hybridized carbons (Fsp3) is 0.360. The molecule has 0 aromatic heterocycles. The van der Waals surface area contributed by atoms with Gasteiger partial charge in [0.25, 0.3) is 5.91 Å². The van der Waals surface area contributed by atoms with Gasteiger partial charge in [-0.15, -0.1) is 0 Å². The summed E-state index contributed by atoms with van der Waals surface area (Å²) in [5, 5.41) is 2.92. The van der Waals surface area contributed by atoms with Crippen LogP contribution in [-0.2, 0) is 32.1 Å². The molecule has 0 aliphatic carbocycles. The van der Waals surface area contributed by atoms with Crippen molar-refractivity contribution in [3.63, 3.8) is 0 Å². The summed E-state index contributed by atoms with van der Waals surface area (Å²) in [4.78, 5) is 27.0. The number of likely N-dealkylation sites (tertiary alicyclic amines) is 1. The average Bonchev–Trinajstić information content (AvgIpc) is 3.48. The predicted molar refractivity (Wildman–Crippen MR) is 118 cm³/mol. The molecule has 0 bridgehead atoms. The predicted octanol–water partition coefficient (Wildman–Crippen LogP) is 3.61. The summed E-state index contributed by atoms with van der Waals surface area (Å²) < 4.78 is 11.2. The summed E-state index contributed by atoms with van der Waals surface area (Å²) in [5.74, 6) is 0.437. The van der Waals surface area contributed by atoms with Crippen molar-refractivity contribution < 1.29 is 19.1 Å². The number of nitrogens with zero attached hydrogens (tertiary/aromatic N) is 1. The lowest BCUT2D eigenvalue weighted by molar-refractivity contribution is -0.148. The zero-order chi connectivity index (χ0) is 21.4. The van der Waals surface area contributed by atoms with Crippen LogP contribution >= 0.6 is 0 Å². The van der Waals surface area contributed by atoms with E-state index in [-0.39, 0.29) is 17.9 Å². The van der Waals surface area contributed by atoms with E-state index in [9.17, 15) is 9.59 Å². The maximum Gasteiger partial charge on any atom is 0.323 e. The van der Waals surface area contributed by atoms with Crippen LogP contribution in [0.4, 0.5) is 5.69 Å². The standard InChI is InChI=1S/C25H26N2O4/c1-2-30-25(29)21-8-5-12-27(21)13-11-16-9-10-18-17(14-16)15-31-23(18)22-19-6-3-4-7-20(19)26-24(22)28/h3-4,6-7,9-10,14,21H,2,5,8,11-13,15H2,1H3,(H,26,28)/t21-/m0/s1. The fourth-order valence-corrected chi connectivity index (χ4v) is 4.79. The molecular formula is C25H26N2O4. The number of ether oxygens (including phenoxy) is 2. The number of fused-ring (bicyclic) bond motifs is 2. The average molecular weight is 418 g/mol. The van der Waals surface area contributed by atoms with Gasteiger partial charge in [0.05, 0.1) is 12.2 Å². The molecule has 3 heterocycles. The highest BCUT2D eigenvalue weighted by Gasteiger charge is 2.33. The minimum atomic E-state index is -0.118. The van der Waals surface area contributed by atoms with Gasteiger partial charge in [0, 0.05) is 28.9 Å². The molecule has 1 atom stereocenters. The van der Waals surface area contributed by atoms with Crippen molar-refractivity contribution >= 4 is 28.9 Å². The number of hydrogen-bond acceptors (Lipinski definition) is 5. The Labute approximate surface area is 181 Å². The van der Waals surface area contributed by atoms with Crippen molar-refractivity contribution in [2.24, 2.45) is 0 Å². The number of nitrogens with one attached hydrogen (secondary N) is 1. The van der Waals surface area contributed by atoms with E-state index in [2.05, 4.69) is 28.4 Å². The molecule has 0 saturated carbocycles. The zero-order valence-corrected chi connectivity index (χ0v) is 17.6. The normalized spacial score (nSPS) is 22.1. The van der Waals surface area contributed by atoms with Crippen LogP contribution in [0.3, 0.4) is 0 Å². The SMILES string of the molecule is CCOC(=O)[C@@H]1CCCN1CCc1ccc2c(c1)COC2=C1C(=O)Nc2ccccc21. The van der Waals surface area contributed by atoms with Gasteiger partial charge >= 0.3 is 5.97 Å². The molecular weight excluding hydrogens is 392 g/mol. The molecule has 1 amide bonds. The minimum absolute atomic E-state index is 0.103. The summed E-state index contributed by atoms with van der Waals surface area (Å²) >= 11 is 0. The Hall–Kier alpha value is -3.12. The first kappa shape index (κ1) is 19.8. The van der Waals surface area contributed by atoms with E-state index in [1.165, 1.54) is 5.56 Å². The molecule has 1 saturated heterocycles. The van der Waals surface area contributed by atoms with Crippen LogP contribution in [0.5, 0.6) is 0 Å². The largest absolute Gasteiger partial charge is 0.487 e. The maximum atomic E-state index is 12.6. The first-order chi connectivity index (χ1) is 15.2. The van der Waals surface area contributed by atoms with E-state index >= 15 is 0 Å². The lowest BCUT2D eigenvalue weighted by Crippen LogP contribution is -2.38. The highest BCUT2D eigenvalue weighted by atomic mass is 16.5. The number of para-hydroxylation sites is 1. The first-order valence-corrected chi connectivity index (χ1v) is 11.0. The monoisotopic (exact) mass is 418 g/mol. The number of esters is 1. The Balaban J connectivity index is 1.34. The van der Waals surface area contributed by atoms with Crippen LogP contribution in [0.25, 0.3) is 11.3 Å². The number of benzene rings is 2. The van der Waals surface area contributed by atoms with E-state index in [4.69, 9.17) is 9.47 Å². The Morgan fingerprint density at radius 3 is 2.97 bits per heavy atom. The van der Waals surface area contributed by atoms with Gasteiger partial charge in [-0.05, 0) is 44.4 Å². The van der Waals surface area contributed by atoms with E-state index in [1.54, 1.807) is 0 Å². The van der Waals surface area contributed by atoms with E-state index in [0.717, 1.165) is 54.7 Å². The lowest BCUT2D eigenvalue weighted by Gasteiger charge is -2.22. The Morgan fingerprint density at radius 1 is 1.23 bits per heavy atom. The summed E-state index contributed by atoms with van der Waals surface area (Å²) in [5.41, 5.74) is 5.61. The molecule has 5 rings (SSSR count). The molecule has 1 fully saturated rings. The van der Waals surface area contributed by atoms with Crippen molar-refractivity contribution in [2.45, 2.75) is 38.8 Å². The van der Waals surface area contributed by atoms with Crippen molar-refractivity contribution in [3.8, 4) is 0 Å². The highest BCUT2D eigenvalue weighted by molar-refractivity contribution is 6.36. The number of rotatable bonds is 5. The van der Waals surface area contributed by atoms with Crippen molar-refractivity contribution in [1.82, 2.24) is 4.90 Å². The lowest BCUT2D eigenvalue weighted by atomic mass is 9.98. The molecule has 6 nitrogen and oxygen atoms in total. The minimum Gasteiger partial charge on any atom is -0.487 e. The van der Waals surface area contributed by atoms with Gasteiger partial charge in [0.15, 0.2) is 0 Å². The third-order valence-electron chi connectivity index (χ3n) is 6.30. The van der Waals surface area contributed by atoms with Crippen molar-refractivity contribution in [1.29, 1.82) is 0 Å². The van der Waals surface area contributed by atoms with Gasteiger partial charge in [-0.2, -0.15) is 0 Å². The third kappa shape index (κ3) is 3.61. The van der Waals surface area contributed by atoms with Crippen molar-refractivity contribution in [3.05, 3.63) is 64.7 Å². The number of carbonyl (C=O) groups is 2. The van der Waals surface area contributed by atoms with E-state index < -0.39 is 0 Å². The number of hydrogen-bond donors (Lipinski definition) is 1. The quantitative estimate of drug-likeness (QED) is 0.594. The Bertz CT molecular complexity index is 1070. The second-order valence-electron chi connectivity index (χ2n) is 8.18. The van der Waals surface area contributed by atoms with Gasteiger partial charge in [0.2, 0.25) is 0 Å². The number of anilines is 1. The molecule has 160 valence electrons. The van der Waals surface area contributed by atoms with E-state index in [1.807, 2.05) is 31.2 Å². The highest BCUT2D eigenvalue weighted by Crippen LogP contribution is 2.41. The van der Waals surface area contributed by atoms with Crippen LogP contribution in [-0.4, -0.2) is 42.5 Å². The van der Waals surface area contributed by atoms with Crippen LogP contribution < -0.4 is 5.32 Å². The summed E-state index contributed by atoms with van der Waals surface area (Å²) in [6, 6.07) is 13.9. The second-order valence-corrected chi connectivity index (χ2v) is 8.18. The molecule has 0 unspecified atom stereocenters. The molecule has 3 aliphatic heterocycles. The zero-order valence-electron chi connectivity index (χ0n) is 17.6. The molecule has 1 N–H and O–H groups in total. The molecule has 2 aromatic rings. The Morgan fingerprint density at radius 2 is 2.10 bits per heavy atom. The van der Waals surface area contributed by atoms with Gasteiger partial charge in [-0.25, -0.2) is 0 Å². The summed E-state index contributed by atoms with van der Waals surface area (Å²) in [7, 11) is 0. The fourth-order valence-electron chi connectivity index (χ4n) is 4.79. The summed E-state index contributed by atoms with van der Waals surface area (Å²) in [6.45, 7) is 4.50. The molecule has 0 radical (unpaired) electrons. The number of carbonyl (C=O) groups excluding carboxylic acids is 2. The van der Waals surface area contributed by atoms with E-state index in [0.29, 0.717) is 24.5 Å². The van der Waals surface area contributed by atoms with Crippen LogP contribution in [0.15, 0.2) is 42.5 Å². The topological polar surface area (TPSA) is 67.9 Å². The Kier molecular flexibility index (Phi) is 5.24. The first-order valence-electron chi connectivity index (χ1n) is 11.0. The third-order valence-corrected chi connectivity index (χ3v) is 6.30. The molecule has 3 aliphatic rings. The van der Waals surface area contributed by atoms with Crippen LogP contribution in [0, 0.1) is 0 Å². The van der Waals surface area contributed by atoms with Gasteiger partial charge in [0.1, 0.15) is 18.4 Å². The van der Waals surface area contributed by atoms with Gasteiger partial charge < -0.3 is 14.8 Å². The smallest absolute Gasteiger partial charge is 0.323 e. The van der Waals surface area contributed by atoms with Crippen molar-refractivity contribution in [2.75, 3.05) is 25.0 Å². The van der Waals surface area contributed by atoms with Gasteiger partial charge in [-0.1, -0.05) is 36.4 Å². The summed E-state index contributed by atoms with van der Waals surface area (Å²) in [6.07, 6.45) is 2.76. The van der Waals surface area contributed by atoms with Crippen LogP contribution in [0.1, 0.15) is 42.0 Å². The van der Waals surface area contributed by atoms with Crippen LogP contribution in [0.2, 0.25) is 0 Å². The second kappa shape index (κ2) is 8.19. The molecule has 31 heavy (non-hydrogen) atoms. The van der Waals surface area contributed by atoms with Gasteiger partial charge in [-0.3, -0.25) is 14.5 Å². The maximum absolute atomic E-state index is 12.6. The number of amides is 1. The molecule has 0 spiro atoms. The molecule has 2 aromatic carbocycles.